The third-order valence-corrected chi connectivity index (χ3v) is 3.37. The first-order valence-corrected chi connectivity index (χ1v) is 7.21. The van der Waals surface area contributed by atoms with Gasteiger partial charge in [-0.2, -0.15) is 0 Å². The number of aliphatic hydroxyl groups is 1. The van der Waals surface area contributed by atoms with Gasteiger partial charge < -0.3 is 10.0 Å². The van der Waals surface area contributed by atoms with Gasteiger partial charge in [0.25, 0.3) is 0 Å². The fourth-order valence-electron chi connectivity index (χ4n) is 1.74. The molecule has 0 aromatic carbocycles. The smallest absolute Gasteiger partial charge is 0.0743 e. The van der Waals surface area contributed by atoms with Gasteiger partial charge in [0.15, 0.2) is 0 Å². The van der Waals surface area contributed by atoms with Gasteiger partial charge in [-0.05, 0) is 51.1 Å². The highest BCUT2D eigenvalue weighted by Crippen LogP contribution is 2.14. The summed E-state index contributed by atoms with van der Waals surface area (Å²) in [5.41, 5.74) is -0.534. The lowest BCUT2D eigenvalue weighted by Gasteiger charge is -2.31. The standard InChI is InChI=1S/C15H33NO/c1-7-15(6,17)12-16(10-8-13(2)3)11-9-14(4)5/h13-14,17H,7-12H2,1-6H3. The molecule has 1 N–H and O–H groups in total. The summed E-state index contributed by atoms with van der Waals surface area (Å²) in [5.74, 6) is 1.48. The second-order valence-corrected chi connectivity index (χ2v) is 6.49. The van der Waals surface area contributed by atoms with Crippen LogP contribution in [-0.2, 0) is 0 Å². The first kappa shape index (κ1) is 16.9. The summed E-state index contributed by atoms with van der Waals surface area (Å²) < 4.78 is 0. The van der Waals surface area contributed by atoms with Crippen LogP contribution in [0.25, 0.3) is 0 Å². The maximum absolute atomic E-state index is 10.2. The maximum atomic E-state index is 10.2. The number of hydrogen-bond acceptors (Lipinski definition) is 2. The molecule has 0 aromatic rings. The van der Waals surface area contributed by atoms with Crippen molar-refractivity contribution in [2.75, 3.05) is 19.6 Å². The summed E-state index contributed by atoms with van der Waals surface area (Å²) >= 11 is 0. The molecule has 0 radical (unpaired) electrons. The van der Waals surface area contributed by atoms with Gasteiger partial charge >= 0.3 is 0 Å². The lowest BCUT2D eigenvalue weighted by atomic mass is 10.0. The first-order chi connectivity index (χ1) is 7.76. The zero-order chi connectivity index (χ0) is 13.5. The van der Waals surface area contributed by atoms with E-state index in [1.807, 2.05) is 6.92 Å². The highest BCUT2D eigenvalue weighted by molar-refractivity contribution is 4.76. The van der Waals surface area contributed by atoms with Crippen LogP contribution in [0.2, 0.25) is 0 Å². The molecule has 0 fully saturated rings. The Hall–Kier alpha value is -0.0800. The molecule has 1 atom stereocenters. The summed E-state index contributed by atoms with van der Waals surface area (Å²) in [6, 6.07) is 0. The molecule has 2 heteroatoms. The van der Waals surface area contributed by atoms with E-state index in [9.17, 15) is 5.11 Å². The molecule has 0 saturated heterocycles. The van der Waals surface area contributed by atoms with E-state index in [-0.39, 0.29) is 0 Å². The van der Waals surface area contributed by atoms with Crippen LogP contribution >= 0.6 is 0 Å². The first-order valence-electron chi connectivity index (χ1n) is 7.21. The Bertz CT molecular complexity index is 175. The molecular weight excluding hydrogens is 210 g/mol. The molecule has 17 heavy (non-hydrogen) atoms. The van der Waals surface area contributed by atoms with Gasteiger partial charge in [0.1, 0.15) is 0 Å². The van der Waals surface area contributed by atoms with Crippen LogP contribution in [0.3, 0.4) is 0 Å². The number of rotatable bonds is 9. The Morgan fingerprint density at radius 3 is 1.71 bits per heavy atom. The second kappa shape index (κ2) is 8.10. The van der Waals surface area contributed by atoms with Crippen molar-refractivity contribution in [2.45, 2.75) is 66.4 Å². The third kappa shape index (κ3) is 9.61. The van der Waals surface area contributed by atoms with Crippen LogP contribution in [0.1, 0.15) is 60.8 Å². The van der Waals surface area contributed by atoms with E-state index in [1.54, 1.807) is 0 Å². The topological polar surface area (TPSA) is 23.5 Å². The molecule has 0 spiro atoms. The molecule has 0 saturated carbocycles. The molecule has 2 nitrogen and oxygen atoms in total. The van der Waals surface area contributed by atoms with Crippen LogP contribution < -0.4 is 0 Å². The van der Waals surface area contributed by atoms with E-state index in [1.165, 1.54) is 12.8 Å². The highest BCUT2D eigenvalue weighted by atomic mass is 16.3. The van der Waals surface area contributed by atoms with E-state index >= 15 is 0 Å². The zero-order valence-electron chi connectivity index (χ0n) is 12.8. The lowest BCUT2D eigenvalue weighted by molar-refractivity contribution is 0.0140. The van der Waals surface area contributed by atoms with Crippen molar-refractivity contribution < 1.29 is 5.11 Å². The third-order valence-electron chi connectivity index (χ3n) is 3.37. The molecule has 0 amide bonds. The van der Waals surface area contributed by atoms with Crippen LogP contribution in [0, 0.1) is 11.8 Å². The SMILES string of the molecule is CCC(C)(O)CN(CCC(C)C)CCC(C)C. The Balaban J connectivity index is 4.19. The van der Waals surface area contributed by atoms with Gasteiger partial charge in [-0.1, -0.05) is 34.6 Å². The van der Waals surface area contributed by atoms with Gasteiger partial charge in [0, 0.05) is 6.54 Å². The van der Waals surface area contributed by atoms with Crippen molar-refractivity contribution in [1.82, 2.24) is 4.90 Å². The summed E-state index contributed by atoms with van der Waals surface area (Å²) in [5, 5.41) is 10.2. The largest absolute Gasteiger partial charge is 0.389 e. The quantitative estimate of drug-likeness (QED) is 0.669. The average Bonchev–Trinajstić information content (AvgIpc) is 2.21. The summed E-state index contributed by atoms with van der Waals surface area (Å²) in [6.45, 7) is 16.1. The number of hydrogen-bond donors (Lipinski definition) is 1. The van der Waals surface area contributed by atoms with Crippen LogP contribution in [0.5, 0.6) is 0 Å². The molecular formula is C15H33NO. The molecule has 104 valence electrons. The highest BCUT2D eigenvalue weighted by Gasteiger charge is 2.21. The summed E-state index contributed by atoms with van der Waals surface area (Å²) in [4.78, 5) is 2.43. The Kier molecular flexibility index (Phi) is 8.06. The number of nitrogens with zero attached hydrogens (tertiary/aromatic N) is 1. The van der Waals surface area contributed by atoms with E-state index in [2.05, 4.69) is 39.5 Å². The monoisotopic (exact) mass is 243 g/mol. The maximum Gasteiger partial charge on any atom is 0.0743 e. The van der Waals surface area contributed by atoms with Crippen LogP contribution in [0.15, 0.2) is 0 Å². The van der Waals surface area contributed by atoms with Crippen LogP contribution in [0.4, 0.5) is 0 Å². The fourth-order valence-corrected chi connectivity index (χ4v) is 1.74. The van der Waals surface area contributed by atoms with Gasteiger partial charge in [-0.25, -0.2) is 0 Å². The normalized spacial score (nSPS) is 15.9. The molecule has 0 heterocycles. The Morgan fingerprint density at radius 1 is 1.00 bits per heavy atom. The lowest BCUT2D eigenvalue weighted by Crippen LogP contribution is -2.41. The minimum Gasteiger partial charge on any atom is -0.389 e. The average molecular weight is 243 g/mol. The van der Waals surface area contributed by atoms with E-state index in [0.29, 0.717) is 0 Å². The van der Waals surface area contributed by atoms with Crippen LogP contribution in [-0.4, -0.2) is 35.2 Å². The second-order valence-electron chi connectivity index (χ2n) is 6.49. The minimum atomic E-state index is -0.534. The van der Waals surface area contributed by atoms with E-state index in [4.69, 9.17) is 0 Å². The van der Waals surface area contributed by atoms with Crippen molar-refractivity contribution >= 4 is 0 Å². The van der Waals surface area contributed by atoms with Gasteiger partial charge in [0.2, 0.25) is 0 Å². The molecule has 1 unspecified atom stereocenters. The molecule has 0 rings (SSSR count). The molecule has 0 aliphatic rings. The molecule has 0 bridgehead atoms. The fraction of sp³-hybridized carbons (Fsp3) is 1.00. The Labute approximate surface area is 108 Å². The molecule has 0 aliphatic carbocycles. The summed E-state index contributed by atoms with van der Waals surface area (Å²) in [7, 11) is 0. The minimum absolute atomic E-state index is 0.534. The van der Waals surface area contributed by atoms with Crippen molar-refractivity contribution in [3.8, 4) is 0 Å². The van der Waals surface area contributed by atoms with Crippen molar-refractivity contribution in [2.24, 2.45) is 11.8 Å². The van der Waals surface area contributed by atoms with E-state index in [0.717, 1.165) is 37.9 Å². The molecule has 0 aliphatic heterocycles. The molecule has 0 aromatic heterocycles. The van der Waals surface area contributed by atoms with Gasteiger partial charge in [-0.3, -0.25) is 0 Å². The zero-order valence-corrected chi connectivity index (χ0v) is 12.8. The Morgan fingerprint density at radius 2 is 1.41 bits per heavy atom. The predicted octanol–water partition coefficient (Wildman–Crippen LogP) is 3.54. The van der Waals surface area contributed by atoms with Gasteiger partial charge in [0.05, 0.1) is 5.60 Å². The van der Waals surface area contributed by atoms with Crippen molar-refractivity contribution in [1.29, 1.82) is 0 Å². The van der Waals surface area contributed by atoms with E-state index < -0.39 is 5.60 Å². The predicted molar refractivity (Wildman–Crippen MR) is 76.3 cm³/mol. The van der Waals surface area contributed by atoms with Crippen molar-refractivity contribution in [3.63, 3.8) is 0 Å². The van der Waals surface area contributed by atoms with Gasteiger partial charge in [-0.15, -0.1) is 0 Å². The van der Waals surface area contributed by atoms with Crippen molar-refractivity contribution in [3.05, 3.63) is 0 Å². The summed E-state index contributed by atoms with van der Waals surface area (Å²) in [6.07, 6.45) is 3.27.